The van der Waals surface area contributed by atoms with Gasteiger partial charge < -0.3 is 0 Å². The van der Waals surface area contributed by atoms with Crippen molar-refractivity contribution < 1.29 is 12.8 Å². The minimum Gasteiger partial charge on any atom is -0.279 e. The quantitative estimate of drug-likeness (QED) is 0.790. The molecule has 0 spiro atoms. The fourth-order valence-electron chi connectivity index (χ4n) is 1.36. The van der Waals surface area contributed by atoms with Crippen LogP contribution in [0.2, 0.25) is 10.2 Å². The predicted octanol–water partition coefficient (Wildman–Crippen LogP) is 4.09. The van der Waals surface area contributed by atoms with Gasteiger partial charge in [-0.3, -0.25) is 4.72 Å². The minimum atomic E-state index is -3.95. The van der Waals surface area contributed by atoms with E-state index < -0.39 is 15.8 Å². The van der Waals surface area contributed by atoms with Crippen molar-refractivity contribution in [2.24, 2.45) is 0 Å². The second-order valence-corrected chi connectivity index (χ2v) is 7.01. The van der Waals surface area contributed by atoms with E-state index >= 15 is 0 Å². The van der Waals surface area contributed by atoms with E-state index in [0.717, 1.165) is 12.1 Å². The first kappa shape index (κ1) is 15.5. The van der Waals surface area contributed by atoms with Crippen molar-refractivity contribution >= 4 is 54.8 Å². The summed E-state index contributed by atoms with van der Waals surface area (Å²) in [6.07, 6.45) is 1.37. The Morgan fingerprint density at radius 3 is 2.60 bits per heavy atom. The van der Waals surface area contributed by atoms with Crippen LogP contribution in [0.3, 0.4) is 0 Å². The fraction of sp³-hybridized carbons (Fsp3) is 0. The lowest BCUT2D eigenvalue weighted by atomic mass is 10.3. The molecule has 1 aromatic carbocycles. The SMILES string of the molecule is O=S(=O)(Nc1ccc(F)c(Cl)c1)c1cc(Br)cnc1Cl. The topological polar surface area (TPSA) is 59.1 Å². The van der Waals surface area contributed by atoms with Gasteiger partial charge in [0.05, 0.1) is 10.7 Å². The Morgan fingerprint density at radius 1 is 1.25 bits per heavy atom. The van der Waals surface area contributed by atoms with Crippen LogP contribution in [0.1, 0.15) is 0 Å². The number of halogens is 4. The molecule has 2 aromatic rings. The largest absolute Gasteiger partial charge is 0.279 e. The lowest BCUT2D eigenvalue weighted by Gasteiger charge is -2.09. The second kappa shape index (κ2) is 5.85. The number of hydrogen-bond acceptors (Lipinski definition) is 3. The van der Waals surface area contributed by atoms with Crippen LogP contribution < -0.4 is 4.72 Å². The van der Waals surface area contributed by atoms with Crippen molar-refractivity contribution in [3.8, 4) is 0 Å². The van der Waals surface area contributed by atoms with Crippen LogP contribution in [0.25, 0.3) is 0 Å². The standard InChI is InChI=1S/C11H6BrCl2FN2O2S/c12-6-3-10(11(14)16-5-6)20(18,19)17-7-1-2-9(15)8(13)4-7/h1-5,17H. The molecule has 0 amide bonds. The molecule has 0 aliphatic carbocycles. The maximum Gasteiger partial charge on any atom is 0.265 e. The molecular weight excluding hydrogens is 394 g/mol. The molecule has 0 fully saturated rings. The summed E-state index contributed by atoms with van der Waals surface area (Å²) in [5.41, 5.74) is 0.118. The van der Waals surface area contributed by atoms with Crippen molar-refractivity contribution in [2.45, 2.75) is 4.90 Å². The van der Waals surface area contributed by atoms with E-state index in [1.807, 2.05) is 0 Å². The minimum absolute atomic E-state index is 0.118. The second-order valence-electron chi connectivity index (χ2n) is 3.68. The number of nitrogens with zero attached hydrogens (tertiary/aromatic N) is 1. The summed E-state index contributed by atoms with van der Waals surface area (Å²) in [5.74, 6) is -0.642. The number of rotatable bonds is 3. The molecule has 20 heavy (non-hydrogen) atoms. The fourth-order valence-corrected chi connectivity index (χ4v) is 3.54. The van der Waals surface area contributed by atoms with Gasteiger partial charge in [0.15, 0.2) is 0 Å². The van der Waals surface area contributed by atoms with E-state index in [4.69, 9.17) is 23.2 Å². The van der Waals surface area contributed by atoms with E-state index in [2.05, 4.69) is 25.6 Å². The molecular formula is C11H6BrCl2FN2O2S. The van der Waals surface area contributed by atoms with Gasteiger partial charge in [-0.2, -0.15) is 0 Å². The molecule has 106 valence electrons. The van der Waals surface area contributed by atoms with Crippen LogP contribution in [0.4, 0.5) is 10.1 Å². The van der Waals surface area contributed by atoms with Crippen LogP contribution in [-0.2, 0) is 10.0 Å². The van der Waals surface area contributed by atoms with Gasteiger partial charge in [-0.05, 0) is 40.2 Å². The highest BCUT2D eigenvalue weighted by Crippen LogP contribution is 2.26. The van der Waals surface area contributed by atoms with Gasteiger partial charge in [-0.25, -0.2) is 17.8 Å². The molecule has 0 saturated heterocycles. The molecule has 0 unspecified atom stereocenters. The summed E-state index contributed by atoms with van der Waals surface area (Å²) in [6, 6.07) is 4.77. The Labute approximate surface area is 133 Å². The average Bonchev–Trinajstić information content (AvgIpc) is 2.36. The molecule has 4 nitrogen and oxygen atoms in total. The predicted molar refractivity (Wildman–Crippen MR) is 79.2 cm³/mol. The zero-order valence-corrected chi connectivity index (χ0v) is 13.5. The van der Waals surface area contributed by atoms with Gasteiger partial charge in [0.1, 0.15) is 15.9 Å². The lowest BCUT2D eigenvalue weighted by molar-refractivity contribution is 0.600. The Hall–Kier alpha value is -0.890. The highest BCUT2D eigenvalue weighted by molar-refractivity contribution is 9.10. The highest BCUT2D eigenvalue weighted by Gasteiger charge is 2.20. The maximum absolute atomic E-state index is 13.0. The number of benzene rings is 1. The van der Waals surface area contributed by atoms with Gasteiger partial charge >= 0.3 is 0 Å². The molecule has 1 aromatic heterocycles. The number of hydrogen-bond donors (Lipinski definition) is 1. The first-order valence-corrected chi connectivity index (χ1v) is 8.12. The first-order valence-electron chi connectivity index (χ1n) is 5.08. The first-order chi connectivity index (χ1) is 9.29. The molecule has 0 aliphatic rings. The molecule has 0 atom stereocenters. The monoisotopic (exact) mass is 398 g/mol. The number of sulfonamides is 1. The lowest BCUT2D eigenvalue weighted by Crippen LogP contribution is -2.14. The normalized spacial score (nSPS) is 11.4. The maximum atomic E-state index is 13.0. The van der Waals surface area contributed by atoms with Crippen LogP contribution in [-0.4, -0.2) is 13.4 Å². The van der Waals surface area contributed by atoms with Gasteiger partial charge in [-0.1, -0.05) is 23.2 Å². The smallest absolute Gasteiger partial charge is 0.265 e. The highest BCUT2D eigenvalue weighted by atomic mass is 79.9. The van der Waals surface area contributed by atoms with Gasteiger partial charge in [0, 0.05) is 10.7 Å². The Bertz CT molecular complexity index is 771. The van der Waals surface area contributed by atoms with Crippen LogP contribution in [0.5, 0.6) is 0 Å². The van der Waals surface area contributed by atoms with E-state index in [0.29, 0.717) is 4.47 Å². The molecule has 0 saturated carbocycles. The van der Waals surface area contributed by atoms with Crippen molar-refractivity contribution in [2.75, 3.05) is 4.72 Å². The molecule has 2 rings (SSSR count). The van der Waals surface area contributed by atoms with Crippen molar-refractivity contribution in [3.05, 3.63) is 50.9 Å². The zero-order valence-electron chi connectivity index (χ0n) is 9.57. The Balaban J connectivity index is 2.40. The van der Waals surface area contributed by atoms with Crippen molar-refractivity contribution in [1.29, 1.82) is 0 Å². The van der Waals surface area contributed by atoms with Crippen LogP contribution in [0.15, 0.2) is 39.8 Å². The summed E-state index contributed by atoms with van der Waals surface area (Å²) in [6.45, 7) is 0. The van der Waals surface area contributed by atoms with Crippen molar-refractivity contribution in [1.82, 2.24) is 4.98 Å². The van der Waals surface area contributed by atoms with Gasteiger partial charge in [0.2, 0.25) is 0 Å². The Kier molecular flexibility index (Phi) is 4.53. The summed E-state index contributed by atoms with van der Waals surface area (Å²) in [7, 11) is -3.95. The van der Waals surface area contributed by atoms with E-state index in [-0.39, 0.29) is 20.8 Å². The number of anilines is 1. The van der Waals surface area contributed by atoms with E-state index in [9.17, 15) is 12.8 Å². The summed E-state index contributed by atoms with van der Waals surface area (Å²) < 4.78 is 40.1. The van der Waals surface area contributed by atoms with Crippen LogP contribution >= 0.6 is 39.1 Å². The molecule has 0 aliphatic heterocycles. The van der Waals surface area contributed by atoms with E-state index in [1.165, 1.54) is 18.3 Å². The zero-order chi connectivity index (χ0) is 14.9. The Morgan fingerprint density at radius 2 is 1.95 bits per heavy atom. The molecule has 0 radical (unpaired) electrons. The molecule has 9 heteroatoms. The van der Waals surface area contributed by atoms with Gasteiger partial charge in [-0.15, -0.1) is 0 Å². The summed E-state index contributed by atoms with van der Waals surface area (Å²) in [5, 5.41) is -0.363. The van der Waals surface area contributed by atoms with Gasteiger partial charge in [0.25, 0.3) is 10.0 Å². The molecule has 1 N–H and O–H groups in total. The average molecular weight is 400 g/mol. The third kappa shape index (κ3) is 3.41. The number of aromatic nitrogens is 1. The molecule has 0 bridgehead atoms. The third-order valence-electron chi connectivity index (χ3n) is 2.23. The summed E-state index contributed by atoms with van der Waals surface area (Å²) >= 11 is 14.5. The number of pyridine rings is 1. The third-order valence-corrected chi connectivity index (χ3v) is 4.77. The number of nitrogens with one attached hydrogen (secondary N) is 1. The molecule has 1 heterocycles. The summed E-state index contributed by atoms with van der Waals surface area (Å²) in [4.78, 5) is 3.53. The van der Waals surface area contributed by atoms with Crippen molar-refractivity contribution in [3.63, 3.8) is 0 Å². The van der Waals surface area contributed by atoms with E-state index in [1.54, 1.807) is 0 Å². The van der Waals surface area contributed by atoms with Crippen LogP contribution in [0, 0.1) is 5.82 Å².